The van der Waals surface area contributed by atoms with Gasteiger partial charge in [-0.25, -0.2) is 4.68 Å². The topological polar surface area (TPSA) is 29.6 Å². The first-order chi connectivity index (χ1) is 11.3. The van der Waals surface area contributed by atoms with Gasteiger partial charge >= 0.3 is 0 Å². The molecule has 116 valence electrons. The lowest BCUT2D eigenvalue weighted by atomic mass is 10.2. The van der Waals surface area contributed by atoms with Crippen LogP contribution in [0.2, 0.25) is 0 Å². The first-order valence-electron chi connectivity index (χ1n) is 7.25. The maximum atomic E-state index is 4.68. The number of thiazole rings is 1. The monoisotopic (exact) mass is 339 g/mol. The predicted molar refractivity (Wildman–Crippen MR) is 100 cm³/mol. The van der Waals surface area contributed by atoms with Crippen LogP contribution in [-0.2, 0) is 0 Å². The second-order valence-electron chi connectivity index (χ2n) is 4.92. The number of thiophene rings is 1. The van der Waals surface area contributed by atoms with Crippen LogP contribution in [-0.4, -0.2) is 17.4 Å². The van der Waals surface area contributed by atoms with Gasteiger partial charge in [-0.15, -0.1) is 29.3 Å². The van der Waals surface area contributed by atoms with Crippen LogP contribution in [0.1, 0.15) is 10.4 Å². The minimum atomic E-state index is 0.586. The molecular formula is C18H17N3S2. The van der Waals surface area contributed by atoms with Gasteiger partial charge in [0.05, 0.1) is 23.3 Å². The first-order valence-corrected chi connectivity index (χ1v) is 9.01. The van der Waals surface area contributed by atoms with Crippen molar-refractivity contribution in [1.82, 2.24) is 4.68 Å². The molecule has 3 rings (SSSR count). The number of rotatable bonds is 5. The van der Waals surface area contributed by atoms with Crippen LogP contribution in [0, 0.1) is 6.92 Å². The second-order valence-corrected chi connectivity index (χ2v) is 6.71. The van der Waals surface area contributed by atoms with Gasteiger partial charge in [0.2, 0.25) is 4.80 Å². The number of aryl methyl sites for hydroxylation is 1. The summed E-state index contributed by atoms with van der Waals surface area (Å²) >= 11 is 3.28. The first kappa shape index (κ1) is 15.6. The number of nitrogens with zero attached hydrogens (tertiary/aromatic N) is 3. The molecule has 0 aliphatic carbocycles. The fourth-order valence-corrected chi connectivity index (χ4v) is 3.72. The molecule has 0 amide bonds. The zero-order valence-electron chi connectivity index (χ0n) is 12.8. The molecule has 0 N–H and O–H groups in total. The van der Waals surface area contributed by atoms with Crippen molar-refractivity contribution in [1.29, 1.82) is 0 Å². The minimum absolute atomic E-state index is 0.586. The molecule has 0 saturated carbocycles. The van der Waals surface area contributed by atoms with Crippen LogP contribution < -0.4 is 4.80 Å². The molecule has 5 heteroatoms. The van der Waals surface area contributed by atoms with Crippen molar-refractivity contribution in [2.24, 2.45) is 10.1 Å². The Labute approximate surface area is 143 Å². The fraction of sp³-hybridized carbons (Fsp3) is 0.111. The third kappa shape index (κ3) is 3.57. The van der Waals surface area contributed by atoms with Crippen LogP contribution in [0.3, 0.4) is 0 Å². The van der Waals surface area contributed by atoms with E-state index in [-0.39, 0.29) is 0 Å². The Morgan fingerprint density at radius 2 is 2.00 bits per heavy atom. The summed E-state index contributed by atoms with van der Waals surface area (Å²) in [7, 11) is 0. The summed E-state index contributed by atoms with van der Waals surface area (Å²) in [4.78, 5) is 6.58. The molecule has 0 aliphatic heterocycles. The molecule has 0 fully saturated rings. The van der Waals surface area contributed by atoms with E-state index >= 15 is 0 Å². The normalized spacial score (nSPS) is 12.1. The lowest BCUT2D eigenvalue weighted by Crippen LogP contribution is -2.12. The quantitative estimate of drug-likeness (QED) is 0.482. The SMILES string of the molecule is C=CCN=c1scc(-c2ccccc2)n1N=Cc1sccc1C. The third-order valence-electron chi connectivity index (χ3n) is 3.30. The van der Waals surface area contributed by atoms with E-state index in [4.69, 9.17) is 0 Å². The van der Waals surface area contributed by atoms with Crippen LogP contribution in [0.4, 0.5) is 0 Å². The van der Waals surface area contributed by atoms with Crippen molar-refractivity contribution < 1.29 is 0 Å². The zero-order valence-corrected chi connectivity index (χ0v) is 14.5. The number of aromatic nitrogens is 1. The van der Waals surface area contributed by atoms with Crippen molar-refractivity contribution in [3.8, 4) is 11.3 Å². The maximum Gasteiger partial charge on any atom is 0.206 e. The lowest BCUT2D eigenvalue weighted by molar-refractivity contribution is 0.840. The van der Waals surface area contributed by atoms with Gasteiger partial charge in [-0.1, -0.05) is 36.4 Å². The summed E-state index contributed by atoms with van der Waals surface area (Å²) < 4.78 is 1.91. The molecule has 0 bridgehead atoms. The summed E-state index contributed by atoms with van der Waals surface area (Å²) in [6.07, 6.45) is 3.70. The molecule has 1 aromatic carbocycles. The van der Waals surface area contributed by atoms with E-state index in [0.29, 0.717) is 6.54 Å². The van der Waals surface area contributed by atoms with Gasteiger partial charge in [0.1, 0.15) is 0 Å². The largest absolute Gasteiger partial charge is 0.253 e. The average molecular weight is 339 g/mol. The summed E-state index contributed by atoms with van der Waals surface area (Å²) in [6.45, 7) is 6.41. The van der Waals surface area contributed by atoms with Crippen molar-refractivity contribution >= 4 is 28.9 Å². The molecule has 2 heterocycles. The van der Waals surface area contributed by atoms with E-state index in [0.717, 1.165) is 20.9 Å². The van der Waals surface area contributed by atoms with Gasteiger partial charge < -0.3 is 0 Å². The summed E-state index contributed by atoms with van der Waals surface area (Å²) in [5.74, 6) is 0. The van der Waals surface area contributed by atoms with Gasteiger partial charge in [0.25, 0.3) is 0 Å². The van der Waals surface area contributed by atoms with Crippen molar-refractivity contribution in [3.63, 3.8) is 0 Å². The number of hydrogen-bond acceptors (Lipinski definition) is 4. The summed E-state index contributed by atoms with van der Waals surface area (Å²) in [5.41, 5.74) is 3.41. The minimum Gasteiger partial charge on any atom is -0.253 e. The van der Waals surface area contributed by atoms with E-state index in [1.54, 1.807) is 28.7 Å². The van der Waals surface area contributed by atoms with Gasteiger partial charge in [-0.2, -0.15) is 5.10 Å². The number of benzene rings is 1. The highest BCUT2D eigenvalue weighted by Gasteiger charge is 2.07. The number of hydrogen-bond donors (Lipinski definition) is 0. The fourth-order valence-electron chi connectivity index (χ4n) is 2.10. The molecule has 3 aromatic rings. The lowest BCUT2D eigenvalue weighted by Gasteiger charge is -2.03. The maximum absolute atomic E-state index is 4.68. The smallest absolute Gasteiger partial charge is 0.206 e. The Morgan fingerprint density at radius 1 is 1.17 bits per heavy atom. The van der Waals surface area contributed by atoms with E-state index in [1.807, 2.05) is 29.1 Å². The van der Waals surface area contributed by atoms with Crippen LogP contribution in [0.25, 0.3) is 11.3 Å². The Hall–Kier alpha value is -2.24. The summed E-state index contributed by atoms with van der Waals surface area (Å²) in [6, 6.07) is 12.4. The molecule has 0 radical (unpaired) electrons. The Morgan fingerprint density at radius 3 is 2.70 bits per heavy atom. The summed E-state index contributed by atoms with van der Waals surface area (Å²) in [5, 5.41) is 8.86. The Balaban J connectivity index is 2.08. The predicted octanol–water partition coefficient (Wildman–Crippen LogP) is 4.56. The van der Waals surface area contributed by atoms with Gasteiger partial charge in [0.15, 0.2) is 0 Å². The van der Waals surface area contributed by atoms with E-state index in [1.165, 1.54) is 5.56 Å². The van der Waals surface area contributed by atoms with Crippen molar-refractivity contribution in [2.75, 3.05) is 6.54 Å². The zero-order chi connectivity index (χ0) is 16.1. The highest BCUT2D eigenvalue weighted by atomic mass is 32.1. The Kier molecular flexibility index (Phi) is 5.00. The molecule has 3 nitrogen and oxygen atoms in total. The van der Waals surface area contributed by atoms with Crippen molar-refractivity contribution in [2.45, 2.75) is 6.92 Å². The third-order valence-corrected chi connectivity index (χ3v) is 5.11. The molecule has 0 atom stereocenters. The molecule has 0 aliphatic rings. The molecule has 2 aromatic heterocycles. The average Bonchev–Trinajstić information content (AvgIpc) is 3.17. The van der Waals surface area contributed by atoms with Gasteiger partial charge in [-0.3, -0.25) is 4.99 Å². The van der Waals surface area contributed by atoms with E-state index in [2.05, 4.69) is 52.6 Å². The second kappa shape index (κ2) is 7.35. The molecule has 0 unspecified atom stereocenters. The molecule has 0 spiro atoms. The highest BCUT2D eigenvalue weighted by molar-refractivity contribution is 7.11. The van der Waals surface area contributed by atoms with E-state index in [9.17, 15) is 0 Å². The van der Waals surface area contributed by atoms with Crippen LogP contribution in [0.5, 0.6) is 0 Å². The molecular weight excluding hydrogens is 322 g/mol. The highest BCUT2D eigenvalue weighted by Crippen LogP contribution is 2.20. The van der Waals surface area contributed by atoms with Crippen LogP contribution >= 0.6 is 22.7 Å². The van der Waals surface area contributed by atoms with Crippen molar-refractivity contribution in [3.05, 3.63) is 75.1 Å². The molecule has 0 saturated heterocycles. The van der Waals surface area contributed by atoms with E-state index < -0.39 is 0 Å². The standard InChI is InChI=1S/C18H17N3S2/c1-3-10-19-18-21(20-12-17-14(2)9-11-22-17)16(13-23-18)15-7-5-4-6-8-15/h3-9,11-13H,1,10H2,2H3. The van der Waals surface area contributed by atoms with Gasteiger partial charge in [-0.05, 0) is 23.9 Å². The Bertz CT molecular complexity index is 882. The van der Waals surface area contributed by atoms with Gasteiger partial charge in [0, 0.05) is 10.9 Å². The van der Waals surface area contributed by atoms with Crippen LogP contribution in [0.15, 0.2) is 69.9 Å². The molecule has 23 heavy (non-hydrogen) atoms.